The Hall–Kier alpha value is -3.22. The summed E-state index contributed by atoms with van der Waals surface area (Å²) in [6.07, 6.45) is 3.68. The van der Waals surface area contributed by atoms with Crippen molar-refractivity contribution >= 4 is 16.9 Å². The minimum atomic E-state index is -0.317. The van der Waals surface area contributed by atoms with E-state index in [1.54, 1.807) is 27.8 Å². The van der Waals surface area contributed by atoms with Crippen LogP contribution in [0.4, 0.5) is 4.39 Å². The van der Waals surface area contributed by atoms with Crippen LogP contribution < -0.4 is 5.56 Å². The molecule has 155 valence electrons. The molecule has 4 rings (SSSR count). The van der Waals surface area contributed by atoms with Crippen LogP contribution in [0.2, 0.25) is 0 Å². The van der Waals surface area contributed by atoms with Gasteiger partial charge in [0.2, 0.25) is 5.91 Å². The monoisotopic (exact) mass is 408 g/mol. The lowest BCUT2D eigenvalue weighted by Gasteiger charge is -2.19. The first-order chi connectivity index (χ1) is 14.5. The molecule has 2 aromatic heterocycles. The van der Waals surface area contributed by atoms with Gasteiger partial charge in [0.05, 0.1) is 11.1 Å². The van der Waals surface area contributed by atoms with Crippen LogP contribution in [0, 0.1) is 12.7 Å². The molecule has 0 saturated carbocycles. The smallest absolute Gasteiger partial charge is 0.258 e. The number of carbonyl (C=O) groups excluding carboxylic acids is 1. The minimum Gasteiger partial charge on any atom is -0.505 e. The van der Waals surface area contributed by atoms with E-state index >= 15 is 0 Å². The van der Waals surface area contributed by atoms with Crippen LogP contribution in [-0.4, -0.2) is 38.6 Å². The molecule has 0 unspecified atom stereocenters. The van der Waals surface area contributed by atoms with Gasteiger partial charge >= 0.3 is 0 Å². The van der Waals surface area contributed by atoms with Crippen molar-refractivity contribution in [3.05, 3.63) is 76.3 Å². The van der Waals surface area contributed by atoms with E-state index in [0.717, 1.165) is 17.5 Å². The Labute approximate surface area is 173 Å². The number of aromatic hydroxyl groups is 1. The number of hydrogen-bond acceptors (Lipinski definition) is 4. The van der Waals surface area contributed by atoms with Crippen molar-refractivity contribution in [2.24, 2.45) is 0 Å². The first-order valence-corrected chi connectivity index (χ1v) is 10.0. The first-order valence-electron chi connectivity index (χ1n) is 10.0. The number of carbonyl (C=O) groups is 1. The second kappa shape index (κ2) is 8.26. The third-order valence-corrected chi connectivity index (χ3v) is 5.56. The fourth-order valence-electron chi connectivity index (χ4n) is 3.94. The van der Waals surface area contributed by atoms with Crippen LogP contribution in [0.1, 0.15) is 29.5 Å². The molecular weight excluding hydrogens is 385 g/mol. The molecule has 1 radical (unpaired) electrons. The van der Waals surface area contributed by atoms with Gasteiger partial charge in [-0.25, -0.2) is 4.39 Å². The summed E-state index contributed by atoms with van der Waals surface area (Å²) >= 11 is 0. The van der Waals surface area contributed by atoms with E-state index in [1.165, 1.54) is 12.1 Å². The number of halogens is 1. The van der Waals surface area contributed by atoms with Crippen LogP contribution in [0.3, 0.4) is 0 Å². The van der Waals surface area contributed by atoms with Gasteiger partial charge in [0.1, 0.15) is 11.3 Å². The quantitative estimate of drug-likeness (QED) is 0.681. The highest BCUT2D eigenvalue weighted by Gasteiger charge is 2.22. The number of rotatable bonds is 6. The van der Waals surface area contributed by atoms with Gasteiger partial charge in [-0.15, -0.1) is 0 Å². The highest BCUT2D eigenvalue weighted by Crippen LogP contribution is 2.26. The molecule has 6 nitrogen and oxygen atoms in total. The van der Waals surface area contributed by atoms with Crippen molar-refractivity contribution in [1.82, 2.24) is 14.5 Å². The van der Waals surface area contributed by atoms with Crippen molar-refractivity contribution in [2.45, 2.75) is 32.2 Å². The predicted molar refractivity (Wildman–Crippen MR) is 112 cm³/mol. The maximum atomic E-state index is 13.2. The molecule has 1 aromatic carbocycles. The second-order valence-electron chi connectivity index (χ2n) is 7.53. The average Bonchev–Trinajstić information content (AvgIpc) is 3.15. The number of amides is 1. The molecule has 3 aromatic rings. The summed E-state index contributed by atoms with van der Waals surface area (Å²) in [7, 11) is 0. The second-order valence-corrected chi connectivity index (χ2v) is 7.53. The topological polar surface area (TPSA) is 75.4 Å². The summed E-state index contributed by atoms with van der Waals surface area (Å²) in [6.45, 7) is 5.20. The van der Waals surface area contributed by atoms with Gasteiger partial charge < -0.3 is 14.6 Å². The Morgan fingerprint density at radius 3 is 2.57 bits per heavy atom. The Morgan fingerprint density at radius 1 is 1.13 bits per heavy atom. The Bertz CT molecular complexity index is 1160. The lowest BCUT2D eigenvalue weighted by Crippen LogP contribution is -2.33. The third kappa shape index (κ3) is 3.79. The molecule has 1 aliphatic rings. The number of aromatic nitrogens is 2. The molecule has 0 spiro atoms. The van der Waals surface area contributed by atoms with Gasteiger partial charge in [-0.1, -0.05) is 12.1 Å². The van der Waals surface area contributed by atoms with Crippen molar-refractivity contribution < 1.29 is 14.3 Å². The van der Waals surface area contributed by atoms with Gasteiger partial charge in [0, 0.05) is 32.3 Å². The lowest BCUT2D eigenvalue weighted by molar-refractivity contribution is -0.127. The molecule has 7 heteroatoms. The van der Waals surface area contributed by atoms with E-state index in [2.05, 4.69) is 11.9 Å². The van der Waals surface area contributed by atoms with Gasteiger partial charge in [0.25, 0.3) is 5.56 Å². The maximum Gasteiger partial charge on any atom is 0.258 e. The average molecular weight is 408 g/mol. The number of fused-ring (bicyclic) bond motifs is 1. The van der Waals surface area contributed by atoms with Crippen LogP contribution >= 0.6 is 0 Å². The third-order valence-electron chi connectivity index (χ3n) is 5.56. The molecule has 0 aliphatic carbocycles. The maximum absolute atomic E-state index is 13.2. The number of hydrogen-bond donors (Lipinski definition) is 1. The van der Waals surface area contributed by atoms with E-state index in [-0.39, 0.29) is 35.0 Å². The SMILES string of the molecule is [CH2]Cc1c(O)c2ncc(Cc3ccc(F)cc3)cc2n(CCN2CCCC2=O)c1=O. The molecule has 0 atom stereocenters. The summed E-state index contributed by atoms with van der Waals surface area (Å²) < 4.78 is 14.7. The highest BCUT2D eigenvalue weighted by molar-refractivity contribution is 5.83. The Morgan fingerprint density at radius 2 is 1.90 bits per heavy atom. The highest BCUT2D eigenvalue weighted by atomic mass is 19.1. The number of nitrogens with zero attached hydrogens (tertiary/aromatic N) is 3. The van der Waals surface area contributed by atoms with Crippen molar-refractivity contribution in [3.8, 4) is 5.75 Å². The lowest BCUT2D eigenvalue weighted by atomic mass is 10.0. The summed E-state index contributed by atoms with van der Waals surface area (Å²) in [4.78, 5) is 31.1. The molecule has 0 bridgehead atoms. The first kappa shape index (κ1) is 20.1. The van der Waals surface area contributed by atoms with Crippen molar-refractivity contribution in [1.29, 1.82) is 0 Å². The van der Waals surface area contributed by atoms with Crippen molar-refractivity contribution in [2.75, 3.05) is 13.1 Å². The van der Waals surface area contributed by atoms with E-state index in [0.29, 0.717) is 43.5 Å². The van der Waals surface area contributed by atoms with Gasteiger partial charge in [-0.05, 0) is 55.5 Å². The molecule has 1 amide bonds. The van der Waals surface area contributed by atoms with Gasteiger partial charge in [-0.3, -0.25) is 14.6 Å². The molecule has 1 fully saturated rings. The van der Waals surface area contributed by atoms with Crippen LogP contribution in [-0.2, 0) is 24.2 Å². The molecule has 1 N–H and O–H groups in total. The standard InChI is InChI=1S/C23H23FN3O3/c1-2-18-22(29)21-19(27(23(18)30)11-10-26-9-3-4-20(26)28)13-16(14-25-21)12-15-5-7-17(24)8-6-15/h5-8,13-14,29H,1-4,9-12H2. The number of likely N-dealkylation sites (tertiary alicyclic amines) is 1. The molecule has 1 saturated heterocycles. The largest absolute Gasteiger partial charge is 0.505 e. The molecule has 30 heavy (non-hydrogen) atoms. The fourth-order valence-corrected chi connectivity index (χ4v) is 3.94. The van der Waals surface area contributed by atoms with E-state index < -0.39 is 0 Å². The Kier molecular flexibility index (Phi) is 5.53. The van der Waals surface area contributed by atoms with Crippen LogP contribution in [0.25, 0.3) is 11.0 Å². The van der Waals surface area contributed by atoms with Gasteiger partial charge in [0.15, 0.2) is 5.75 Å². The van der Waals surface area contributed by atoms with Crippen LogP contribution in [0.15, 0.2) is 41.3 Å². The zero-order valence-electron chi connectivity index (χ0n) is 16.6. The van der Waals surface area contributed by atoms with E-state index in [9.17, 15) is 19.1 Å². The zero-order chi connectivity index (χ0) is 21.3. The van der Waals surface area contributed by atoms with Gasteiger partial charge in [-0.2, -0.15) is 0 Å². The minimum absolute atomic E-state index is 0.0960. The summed E-state index contributed by atoms with van der Waals surface area (Å²) in [6, 6.07) is 8.04. The predicted octanol–water partition coefficient (Wildman–Crippen LogP) is 2.83. The Balaban J connectivity index is 1.75. The molecular formula is C23H23FN3O3. The fraction of sp³-hybridized carbons (Fsp3) is 0.304. The zero-order valence-corrected chi connectivity index (χ0v) is 16.6. The number of pyridine rings is 2. The summed E-state index contributed by atoms with van der Waals surface area (Å²) in [5, 5.41) is 10.6. The van der Waals surface area contributed by atoms with E-state index in [4.69, 9.17) is 0 Å². The molecule has 1 aliphatic heterocycles. The van der Waals surface area contributed by atoms with Crippen molar-refractivity contribution in [3.63, 3.8) is 0 Å². The summed E-state index contributed by atoms with van der Waals surface area (Å²) in [5.74, 6) is -0.350. The number of benzene rings is 1. The van der Waals surface area contributed by atoms with E-state index in [1.807, 2.05) is 6.07 Å². The molecule has 3 heterocycles. The normalized spacial score (nSPS) is 14.1. The summed E-state index contributed by atoms with van der Waals surface area (Å²) in [5.41, 5.74) is 2.50. The van der Waals surface area contributed by atoms with Crippen LogP contribution in [0.5, 0.6) is 5.75 Å².